The zero-order valence-electron chi connectivity index (χ0n) is 13.6. The van der Waals surface area contributed by atoms with Crippen LogP contribution in [0.1, 0.15) is 10.4 Å². The maximum absolute atomic E-state index is 12.3. The molecule has 0 aliphatic carbocycles. The minimum absolute atomic E-state index is 0.208. The van der Waals surface area contributed by atoms with E-state index in [1.54, 1.807) is 42.5 Å². The number of rotatable bonds is 3. The predicted octanol–water partition coefficient (Wildman–Crippen LogP) is 4.50. The highest BCUT2D eigenvalue weighted by atomic mass is 32.1. The molecular formula is C20H15N3O2S. The molecule has 0 aliphatic rings. The number of nitrogens with two attached hydrogens (primary N) is 1. The first-order chi connectivity index (χ1) is 12.6. The van der Waals surface area contributed by atoms with Gasteiger partial charge in [-0.1, -0.05) is 6.07 Å². The van der Waals surface area contributed by atoms with Crippen LogP contribution in [0.15, 0.2) is 66.7 Å². The van der Waals surface area contributed by atoms with Gasteiger partial charge in [0.25, 0.3) is 5.91 Å². The first-order valence-electron chi connectivity index (χ1n) is 7.95. The number of carbonyl (C=O) groups excluding carboxylic acids is 1. The van der Waals surface area contributed by atoms with E-state index in [1.165, 1.54) is 11.3 Å². The third-order valence-electron chi connectivity index (χ3n) is 3.91. The Morgan fingerprint density at radius 3 is 2.62 bits per heavy atom. The second kappa shape index (κ2) is 6.50. The number of aromatic nitrogens is 1. The summed E-state index contributed by atoms with van der Waals surface area (Å²) >= 11 is 1.51. The number of benzene rings is 3. The fourth-order valence-corrected chi connectivity index (χ4v) is 3.62. The Labute approximate surface area is 153 Å². The third-order valence-corrected chi connectivity index (χ3v) is 4.98. The maximum Gasteiger partial charge on any atom is 0.255 e. The number of phenolic OH excluding ortho intramolecular Hbond substituents is 1. The van der Waals surface area contributed by atoms with Crippen LogP contribution in [0.3, 0.4) is 0 Å². The van der Waals surface area contributed by atoms with Gasteiger partial charge in [-0.3, -0.25) is 4.79 Å². The molecule has 4 rings (SSSR count). The Hall–Kier alpha value is -3.38. The van der Waals surface area contributed by atoms with Crippen LogP contribution in [0.2, 0.25) is 0 Å². The van der Waals surface area contributed by atoms with Crippen LogP contribution in [0, 0.1) is 0 Å². The molecule has 0 fully saturated rings. The molecule has 3 aromatic carbocycles. The van der Waals surface area contributed by atoms with Gasteiger partial charge in [-0.2, -0.15) is 0 Å². The number of amides is 1. The fraction of sp³-hybridized carbons (Fsp3) is 0. The van der Waals surface area contributed by atoms with Crippen molar-refractivity contribution in [1.82, 2.24) is 4.98 Å². The number of aromatic hydroxyl groups is 1. The van der Waals surface area contributed by atoms with Gasteiger partial charge in [0.05, 0.1) is 10.2 Å². The van der Waals surface area contributed by atoms with E-state index >= 15 is 0 Å². The highest BCUT2D eigenvalue weighted by Gasteiger charge is 2.09. The van der Waals surface area contributed by atoms with Crippen molar-refractivity contribution in [3.05, 3.63) is 72.3 Å². The summed E-state index contributed by atoms with van der Waals surface area (Å²) in [6.07, 6.45) is 0. The molecule has 0 spiro atoms. The molecule has 0 saturated carbocycles. The Balaban J connectivity index is 1.55. The van der Waals surface area contributed by atoms with Gasteiger partial charge < -0.3 is 16.2 Å². The van der Waals surface area contributed by atoms with Crippen LogP contribution >= 0.6 is 11.3 Å². The fourth-order valence-electron chi connectivity index (χ4n) is 2.62. The van der Waals surface area contributed by atoms with E-state index in [2.05, 4.69) is 10.3 Å². The van der Waals surface area contributed by atoms with Gasteiger partial charge in [0.1, 0.15) is 10.8 Å². The second-order valence-electron chi connectivity index (χ2n) is 5.83. The summed E-state index contributed by atoms with van der Waals surface area (Å²) in [6, 6.07) is 19.5. The van der Waals surface area contributed by atoms with Gasteiger partial charge in [0.15, 0.2) is 0 Å². The number of nitrogens with one attached hydrogen (secondary N) is 1. The minimum Gasteiger partial charge on any atom is -0.508 e. The molecule has 0 bridgehead atoms. The number of carbonyl (C=O) groups is 1. The van der Waals surface area contributed by atoms with Crippen molar-refractivity contribution in [3.8, 4) is 16.3 Å². The molecule has 6 heteroatoms. The average molecular weight is 361 g/mol. The van der Waals surface area contributed by atoms with Crippen LogP contribution in [0.5, 0.6) is 5.75 Å². The van der Waals surface area contributed by atoms with E-state index in [0.29, 0.717) is 16.9 Å². The lowest BCUT2D eigenvalue weighted by molar-refractivity contribution is 0.102. The molecule has 0 saturated heterocycles. The quantitative estimate of drug-likeness (QED) is 0.469. The molecule has 26 heavy (non-hydrogen) atoms. The summed E-state index contributed by atoms with van der Waals surface area (Å²) < 4.78 is 0.930. The van der Waals surface area contributed by atoms with Crippen LogP contribution in [0.4, 0.5) is 11.4 Å². The van der Waals surface area contributed by atoms with E-state index in [-0.39, 0.29) is 11.7 Å². The van der Waals surface area contributed by atoms with Crippen molar-refractivity contribution < 1.29 is 9.90 Å². The van der Waals surface area contributed by atoms with Crippen molar-refractivity contribution in [2.75, 3.05) is 11.1 Å². The first-order valence-corrected chi connectivity index (χ1v) is 8.77. The second-order valence-corrected chi connectivity index (χ2v) is 6.86. The Bertz CT molecular complexity index is 1100. The molecule has 0 radical (unpaired) electrons. The topological polar surface area (TPSA) is 88.2 Å². The molecule has 1 amide bonds. The number of phenols is 1. The number of hydrogen-bond acceptors (Lipinski definition) is 5. The predicted molar refractivity (Wildman–Crippen MR) is 106 cm³/mol. The lowest BCUT2D eigenvalue weighted by Gasteiger charge is -2.06. The van der Waals surface area contributed by atoms with E-state index < -0.39 is 0 Å². The van der Waals surface area contributed by atoms with Crippen LogP contribution in [0.25, 0.3) is 20.8 Å². The minimum atomic E-state index is -0.208. The van der Waals surface area contributed by atoms with Gasteiger partial charge in [-0.25, -0.2) is 4.98 Å². The Morgan fingerprint density at radius 2 is 1.85 bits per heavy atom. The number of anilines is 2. The highest BCUT2D eigenvalue weighted by Crippen LogP contribution is 2.32. The van der Waals surface area contributed by atoms with Gasteiger partial charge in [-0.15, -0.1) is 11.3 Å². The van der Waals surface area contributed by atoms with Gasteiger partial charge in [0, 0.05) is 22.5 Å². The van der Waals surface area contributed by atoms with E-state index in [4.69, 9.17) is 5.73 Å². The van der Waals surface area contributed by atoms with Crippen molar-refractivity contribution >= 4 is 38.8 Å². The molecule has 4 aromatic rings. The smallest absolute Gasteiger partial charge is 0.255 e. The molecule has 0 atom stereocenters. The number of nitrogens with zero attached hydrogens (tertiary/aromatic N) is 1. The highest BCUT2D eigenvalue weighted by molar-refractivity contribution is 7.21. The van der Waals surface area contributed by atoms with Gasteiger partial charge >= 0.3 is 0 Å². The zero-order valence-corrected chi connectivity index (χ0v) is 14.5. The number of hydrogen-bond donors (Lipinski definition) is 3. The lowest BCUT2D eigenvalue weighted by Crippen LogP contribution is -2.11. The van der Waals surface area contributed by atoms with E-state index in [9.17, 15) is 9.90 Å². The van der Waals surface area contributed by atoms with Crippen LogP contribution in [-0.2, 0) is 0 Å². The maximum atomic E-state index is 12.3. The average Bonchev–Trinajstić information content (AvgIpc) is 3.05. The summed E-state index contributed by atoms with van der Waals surface area (Å²) in [5.74, 6) is 0.0211. The Morgan fingerprint density at radius 1 is 1.04 bits per heavy atom. The molecule has 0 aliphatic heterocycles. The molecule has 1 aromatic heterocycles. The molecule has 5 nitrogen and oxygen atoms in total. The van der Waals surface area contributed by atoms with Crippen LogP contribution < -0.4 is 11.1 Å². The third kappa shape index (κ3) is 3.22. The van der Waals surface area contributed by atoms with Crippen molar-refractivity contribution in [3.63, 3.8) is 0 Å². The largest absolute Gasteiger partial charge is 0.508 e. The van der Waals surface area contributed by atoms with Gasteiger partial charge in [-0.05, 0) is 60.7 Å². The summed E-state index contributed by atoms with van der Waals surface area (Å²) in [7, 11) is 0. The number of thiazole rings is 1. The van der Waals surface area contributed by atoms with Crippen molar-refractivity contribution in [2.45, 2.75) is 0 Å². The molecule has 4 N–H and O–H groups in total. The molecule has 1 heterocycles. The van der Waals surface area contributed by atoms with Gasteiger partial charge in [0.2, 0.25) is 0 Å². The van der Waals surface area contributed by atoms with E-state index in [0.717, 1.165) is 20.8 Å². The summed E-state index contributed by atoms with van der Waals surface area (Å²) in [6.45, 7) is 0. The van der Waals surface area contributed by atoms with Crippen molar-refractivity contribution in [1.29, 1.82) is 0 Å². The normalized spacial score (nSPS) is 10.8. The summed E-state index contributed by atoms with van der Waals surface area (Å²) in [4.78, 5) is 16.8. The van der Waals surface area contributed by atoms with Crippen LogP contribution in [-0.4, -0.2) is 16.0 Å². The molecule has 0 unspecified atom stereocenters. The van der Waals surface area contributed by atoms with E-state index in [1.807, 2.05) is 24.3 Å². The van der Waals surface area contributed by atoms with Crippen molar-refractivity contribution in [2.24, 2.45) is 0 Å². The Kier molecular flexibility index (Phi) is 4.02. The standard InChI is InChI=1S/C20H15N3O2S/c21-14-3-1-2-13(10-14)19(25)22-15-6-4-12(5-7-15)20-23-17-9-8-16(24)11-18(17)26-20/h1-11,24H,21H2,(H,22,25). The lowest BCUT2D eigenvalue weighted by atomic mass is 10.1. The molecule has 128 valence electrons. The number of nitrogen functional groups attached to an aromatic ring is 1. The first kappa shape index (κ1) is 16.1. The SMILES string of the molecule is Nc1cccc(C(=O)Nc2ccc(-c3nc4ccc(O)cc4s3)cc2)c1. The zero-order chi connectivity index (χ0) is 18.1. The number of fused-ring (bicyclic) bond motifs is 1. The molecular weight excluding hydrogens is 346 g/mol. The summed E-state index contributed by atoms with van der Waals surface area (Å²) in [5, 5.41) is 13.3. The monoisotopic (exact) mass is 361 g/mol. The summed E-state index contributed by atoms with van der Waals surface area (Å²) in [5.41, 5.74) is 9.27.